The Hall–Kier alpha value is -3.42. The third-order valence-electron chi connectivity index (χ3n) is 4.10. The minimum atomic E-state index is -1.04. The first-order valence-corrected chi connectivity index (χ1v) is 7.94. The predicted molar refractivity (Wildman–Crippen MR) is 94.6 cm³/mol. The average molecular weight is 354 g/mol. The van der Waals surface area contributed by atoms with Crippen molar-refractivity contribution >= 4 is 0 Å². The van der Waals surface area contributed by atoms with Gasteiger partial charge in [0.05, 0.1) is 17.0 Å². The van der Waals surface area contributed by atoms with Gasteiger partial charge in [-0.2, -0.15) is 0 Å². The highest BCUT2D eigenvalue weighted by atomic mass is 16.3. The molecule has 0 bridgehead atoms. The molecule has 0 unspecified atom stereocenters. The van der Waals surface area contributed by atoms with E-state index >= 15 is 0 Å². The molecule has 0 fully saturated rings. The van der Waals surface area contributed by atoms with Crippen molar-refractivity contribution in [2.24, 2.45) is 0 Å². The molecule has 0 saturated heterocycles. The van der Waals surface area contributed by atoms with Crippen LogP contribution in [0.2, 0.25) is 0 Å². The van der Waals surface area contributed by atoms with Crippen LogP contribution in [0, 0.1) is 20.8 Å². The molecule has 134 valence electrons. The van der Waals surface area contributed by atoms with Crippen LogP contribution in [-0.4, -0.2) is 30.1 Å². The maximum Gasteiger partial charge on any atom is 0.258 e. The number of hydrogen-bond donors (Lipinski definition) is 4. The molecule has 8 heteroatoms. The summed E-state index contributed by atoms with van der Waals surface area (Å²) in [6.45, 7) is 4.96. The van der Waals surface area contributed by atoms with Crippen molar-refractivity contribution < 1.29 is 10.2 Å². The number of benzene rings is 1. The van der Waals surface area contributed by atoms with Gasteiger partial charge in [0.15, 0.2) is 0 Å². The fourth-order valence-corrected chi connectivity index (χ4v) is 2.92. The zero-order chi connectivity index (χ0) is 19.0. The van der Waals surface area contributed by atoms with E-state index in [9.17, 15) is 19.8 Å². The summed E-state index contributed by atoms with van der Waals surface area (Å²) in [6.07, 6.45) is 0. The molecule has 0 saturated carbocycles. The zero-order valence-corrected chi connectivity index (χ0v) is 14.5. The van der Waals surface area contributed by atoms with Gasteiger partial charge in [-0.25, -0.2) is 9.97 Å². The van der Waals surface area contributed by atoms with Gasteiger partial charge in [-0.15, -0.1) is 0 Å². The molecule has 0 aliphatic heterocycles. The number of nitrogens with zero attached hydrogens (tertiary/aromatic N) is 2. The van der Waals surface area contributed by atoms with E-state index in [0.29, 0.717) is 5.56 Å². The van der Waals surface area contributed by atoms with Gasteiger partial charge in [-0.1, -0.05) is 29.8 Å². The van der Waals surface area contributed by atoms with Gasteiger partial charge in [0, 0.05) is 0 Å². The van der Waals surface area contributed by atoms with Crippen molar-refractivity contribution in [3.8, 4) is 11.8 Å². The molecule has 2 aromatic heterocycles. The number of aromatic amines is 2. The van der Waals surface area contributed by atoms with Crippen molar-refractivity contribution in [3.63, 3.8) is 0 Å². The number of aryl methyl sites for hydroxylation is 3. The number of aromatic nitrogens is 4. The third-order valence-corrected chi connectivity index (χ3v) is 4.10. The van der Waals surface area contributed by atoms with E-state index in [1.165, 1.54) is 13.8 Å². The lowest BCUT2D eigenvalue weighted by Crippen LogP contribution is -2.26. The summed E-state index contributed by atoms with van der Waals surface area (Å²) in [5, 5.41) is 20.6. The largest absolute Gasteiger partial charge is 0.493 e. The van der Waals surface area contributed by atoms with Gasteiger partial charge in [0.25, 0.3) is 11.1 Å². The minimum absolute atomic E-state index is 0.133. The van der Waals surface area contributed by atoms with E-state index in [1.54, 1.807) is 12.1 Å². The van der Waals surface area contributed by atoms with Crippen LogP contribution in [0.1, 0.15) is 39.8 Å². The molecular formula is C18H18N4O4. The van der Waals surface area contributed by atoms with Gasteiger partial charge in [-0.3, -0.25) is 9.59 Å². The lowest BCUT2D eigenvalue weighted by molar-refractivity contribution is 0.430. The van der Waals surface area contributed by atoms with Crippen LogP contribution in [0.5, 0.6) is 11.8 Å². The number of rotatable bonds is 3. The van der Waals surface area contributed by atoms with Crippen LogP contribution in [0.3, 0.4) is 0 Å². The Bertz CT molecular complexity index is 1020. The lowest BCUT2D eigenvalue weighted by atomic mass is 9.86. The standard InChI is InChI=1S/C18H18N4O4/c1-8-4-6-11(7-5-8)12(13-15(23)19-9(2)20-16(13)24)14-17(25)21-10(3)22-18(14)26/h4-7,12H,1-3H3,(H2,19,20,23,24)(H2,21,22,25,26). The van der Waals surface area contributed by atoms with Crippen LogP contribution >= 0.6 is 0 Å². The van der Waals surface area contributed by atoms with Gasteiger partial charge >= 0.3 is 0 Å². The summed E-state index contributed by atoms with van der Waals surface area (Å²) >= 11 is 0. The Kier molecular flexibility index (Phi) is 4.33. The number of aromatic hydroxyl groups is 2. The first kappa shape index (κ1) is 17.4. The Labute approximate surface area is 148 Å². The summed E-state index contributed by atoms with van der Waals surface area (Å²) in [7, 11) is 0. The molecule has 3 rings (SSSR count). The molecule has 0 radical (unpaired) electrons. The first-order valence-electron chi connectivity index (χ1n) is 7.94. The second kappa shape index (κ2) is 6.47. The number of hydrogen-bond acceptors (Lipinski definition) is 6. The minimum Gasteiger partial charge on any atom is -0.493 e. The van der Waals surface area contributed by atoms with Crippen molar-refractivity contribution in [2.45, 2.75) is 26.7 Å². The predicted octanol–water partition coefficient (Wildman–Crippen LogP) is 1.37. The molecule has 2 heterocycles. The normalized spacial score (nSPS) is 11.1. The Balaban J connectivity index is 2.38. The van der Waals surface area contributed by atoms with Crippen molar-refractivity contribution in [2.75, 3.05) is 0 Å². The van der Waals surface area contributed by atoms with Gasteiger partial charge in [0.2, 0.25) is 11.8 Å². The van der Waals surface area contributed by atoms with Gasteiger partial charge in [-0.05, 0) is 26.3 Å². The molecule has 0 aliphatic rings. The maximum atomic E-state index is 12.5. The summed E-state index contributed by atoms with van der Waals surface area (Å²) in [5.74, 6) is -1.57. The highest BCUT2D eigenvalue weighted by Crippen LogP contribution is 2.35. The topological polar surface area (TPSA) is 132 Å². The molecule has 0 amide bonds. The molecular weight excluding hydrogens is 336 g/mol. The lowest BCUT2D eigenvalue weighted by Gasteiger charge is -2.18. The second-order valence-electron chi connectivity index (χ2n) is 6.12. The molecule has 8 nitrogen and oxygen atoms in total. The summed E-state index contributed by atoms with van der Waals surface area (Å²) in [4.78, 5) is 37.9. The molecule has 1 aromatic carbocycles. The van der Waals surface area contributed by atoms with Crippen molar-refractivity contribution in [3.05, 3.63) is 78.9 Å². The average Bonchev–Trinajstić information content (AvgIpc) is 2.52. The molecule has 4 N–H and O–H groups in total. The molecule has 0 spiro atoms. The van der Waals surface area contributed by atoms with Crippen LogP contribution in [-0.2, 0) is 0 Å². The van der Waals surface area contributed by atoms with Gasteiger partial charge < -0.3 is 20.2 Å². The Morgan fingerprint density at radius 2 is 1.23 bits per heavy atom. The van der Waals surface area contributed by atoms with E-state index in [2.05, 4.69) is 19.9 Å². The maximum absolute atomic E-state index is 12.5. The van der Waals surface area contributed by atoms with Crippen LogP contribution < -0.4 is 11.1 Å². The second-order valence-corrected chi connectivity index (χ2v) is 6.12. The van der Waals surface area contributed by atoms with Crippen molar-refractivity contribution in [1.29, 1.82) is 0 Å². The van der Waals surface area contributed by atoms with E-state index in [4.69, 9.17) is 0 Å². The highest BCUT2D eigenvalue weighted by molar-refractivity contribution is 5.48. The zero-order valence-electron chi connectivity index (χ0n) is 14.5. The fraction of sp³-hybridized carbons (Fsp3) is 0.222. The van der Waals surface area contributed by atoms with Crippen LogP contribution in [0.25, 0.3) is 0 Å². The molecule has 26 heavy (non-hydrogen) atoms. The van der Waals surface area contributed by atoms with Gasteiger partial charge in [0.1, 0.15) is 11.6 Å². The summed E-state index contributed by atoms with van der Waals surface area (Å²) in [6, 6.07) is 7.05. The third kappa shape index (κ3) is 3.08. The van der Waals surface area contributed by atoms with E-state index in [0.717, 1.165) is 5.56 Å². The van der Waals surface area contributed by atoms with Crippen LogP contribution in [0.4, 0.5) is 0 Å². The van der Waals surface area contributed by atoms with Crippen LogP contribution in [0.15, 0.2) is 33.9 Å². The van der Waals surface area contributed by atoms with E-state index in [1.807, 2.05) is 19.1 Å². The smallest absolute Gasteiger partial charge is 0.258 e. The quantitative estimate of drug-likeness (QED) is 0.562. The van der Waals surface area contributed by atoms with E-state index < -0.39 is 28.8 Å². The van der Waals surface area contributed by atoms with Crippen molar-refractivity contribution in [1.82, 2.24) is 19.9 Å². The first-order chi connectivity index (χ1) is 12.3. The molecule has 0 aliphatic carbocycles. The molecule has 3 aromatic rings. The summed E-state index contributed by atoms with van der Waals surface area (Å²) in [5.41, 5.74) is 0.0537. The highest BCUT2D eigenvalue weighted by Gasteiger charge is 2.30. The fourth-order valence-electron chi connectivity index (χ4n) is 2.92. The SMILES string of the molecule is Cc1ccc(C(c2c(O)nc(C)[nH]c2=O)c2c(O)nc(C)[nH]c2=O)cc1. The number of H-pyrrole nitrogens is 2. The molecule has 0 atom stereocenters. The monoisotopic (exact) mass is 354 g/mol. The van der Waals surface area contributed by atoms with E-state index in [-0.39, 0.29) is 22.8 Å². The Morgan fingerprint density at radius 3 is 1.62 bits per heavy atom. The Morgan fingerprint density at radius 1 is 0.808 bits per heavy atom. The number of nitrogens with one attached hydrogen (secondary N) is 2. The summed E-state index contributed by atoms with van der Waals surface area (Å²) < 4.78 is 0.